The van der Waals surface area contributed by atoms with Gasteiger partial charge in [0.15, 0.2) is 5.82 Å². The van der Waals surface area contributed by atoms with Crippen LogP contribution in [0.5, 0.6) is 0 Å². The molecule has 0 fully saturated rings. The van der Waals surface area contributed by atoms with Crippen molar-refractivity contribution in [3.05, 3.63) is 28.8 Å². The highest BCUT2D eigenvalue weighted by molar-refractivity contribution is 7.90. The molecule has 1 aromatic heterocycles. The van der Waals surface area contributed by atoms with Gasteiger partial charge >= 0.3 is 0 Å². The Morgan fingerprint density at radius 1 is 1.62 bits per heavy atom. The van der Waals surface area contributed by atoms with Crippen molar-refractivity contribution in [2.45, 2.75) is 31.4 Å². The quantitative estimate of drug-likeness (QED) is 0.848. The average molecular weight is 265 g/mol. The molecule has 6 heteroatoms. The topological polar surface area (TPSA) is 62.0 Å². The number of pyridine rings is 1. The number of aromatic nitrogens is 1. The van der Waals surface area contributed by atoms with Crippen LogP contribution in [0.2, 0.25) is 5.02 Å². The summed E-state index contributed by atoms with van der Waals surface area (Å²) in [6, 6.07) is 1.40. The highest BCUT2D eigenvalue weighted by Gasteiger charge is 2.30. The lowest BCUT2D eigenvalue weighted by molar-refractivity contribution is 0.517. The van der Waals surface area contributed by atoms with Crippen molar-refractivity contribution in [1.82, 2.24) is 4.98 Å². The van der Waals surface area contributed by atoms with Gasteiger partial charge < -0.3 is 4.55 Å². The summed E-state index contributed by atoms with van der Waals surface area (Å²) in [4.78, 5) is 3.90. The number of aryl methyl sites for hydroxylation is 1. The van der Waals surface area contributed by atoms with Gasteiger partial charge in [-0.15, -0.1) is 0 Å². The Bertz CT molecular complexity index is 374. The van der Waals surface area contributed by atoms with Crippen molar-refractivity contribution in [3.63, 3.8) is 0 Å². The Labute approximate surface area is 103 Å². The third kappa shape index (κ3) is 3.31. The number of hydrogen-bond donors (Lipinski definition) is 1. The second-order valence-corrected chi connectivity index (χ2v) is 6.22. The molecule has 0 radical (unpaired) electrons. The Balaban J connectivity index is 2.72. The molecule has 0 bridgehead atoms. The van der Waals surface area contributed by atoms with Gasteiger partial charge in [0.25, 0.3) is 0 Å². The highest BCUT2D eigenvalue weighted by atomic mass is 35.5. The second kappa shape index (κ2) is 5.31. The van der Waals surface area contributed by atoms with E-state index in [4.69, 9.17) is 16.7 Å². The van der Waals surface area contributed by atoms with Crippen LogP contribution in [0.15, 0.2) is 12.3 Å². The number of rotatable bonds is 4. The third-order valence-electron chi connectivity index (χ3n) is 2.42. The predicted octanol–water partition coefficient (Wildman–Crippen LogP) is 2.21. The first kappa shape index (κ1) is 13.7. The number of hydrogen-bond acceptors (Lipinski definition) is 3. The molecular weight excluding hydrogens is 251 g/mol. The molecule has 0 spiro atoms. The molecule has 1 atom stereocenters. The fourth-order valence-corrected chi connectivity index (χ4v) is 1.62. The molecule has 2 N–H and O–H groups in total. The van der Waals surface area contributed by atoms with Crippen LogP contribution in [0.3, 0.4) is 0 Å². The van der Waals surface area contributed by atoms with Gasteiger partial charge in [0.05, 0.1) is 10.7 Å². The van der Waals surface area contributed by atoms with Gasteiger partial charge in [0, 0.05) is 24.0 Å². The van der Waals surface area contributed by atoms with Crippen molar-refractivity contribution in [3.8, 4) is 0 Å². The van der Waals surface area contributed by atoms with E-state index in [9.17, 15) is 8.94 Å². The molecule has 0 aliphatic rings. The Morgan fingerprint density at radius 2 is 2.25 bits per heavy atom. The van der Waals surface area contributed by atoms with Crippen molar-refractivity contribution >= 4 is 23.0 Å². The van der Waals surface area contributed by atoms with Crippen molar-refractivity contribution in [1.29, 1.82) is 0 Å². The van der Waals surface area contributed by atoms with Crippen molar-refractivity contribution < 1.29 is 8.94 Å². The number of nitrogens with two attached hydrogens (primary N) is 1. The lowest BCUT2D eigenvalue weighted by atomic mass is 10.0. The van der Waals surface area contributed by atoms with E-state index in [-0.39, 0.29) is 10.7 Å². The standard InChI is InChI=1S/C10H14ClFN2OS/c1-10(2,16(13)15)5-3-8-9(12)7(11)4-6-14-8/h4,6H,3,5,13H2,1-2H3. The second-order valence-electron chi connectivity index (χ2n) is 4.11. The minimum Gasteiger partial charge on any atom is -0.598 e. The molecule has 0 aromatic carbocycles. The summed E-state index contributed by atoms with van der Waals surface area (Å²) >= 11 is 4.18. The summed E-state index contributed by atoms with van der Waals surface area (Å²) < 4.78 is 24.1. The van der Waals surface area contributed by atoms with Crippen molar-refractivity contribution in [2.24, 2.45) is 5.14 Å². The van der Waals surface area contributed by atoms with Crippen molar-refractivity contribution in [2.75, 3.05) is 0 Å². The van der Waals surface area contributed by atoms with Crippen LogP contribution in [0.1, 0.15) is 26.0 Å². The van der Waals surface area contributed by atoms with Gasteiger partial charge in [-0.25, -0.2) is 4.39 Å². The normalized spacial score (nSPS) is 13.9. The van der Waals surface area contributed by atoms with E-state index in [1.54, 1.807) is 13.8 Å². The van der Waals surface area contributed by atoms with E-state index in [0.29, 0.717) is 12.8 Å². The molecule has 0 aliphatic heterocycles. The summed E-state index contributed by atoms with van der Waals surface area (Å²) in [7, 11) is 0. The van der Waals surface area contributed by atoms with Gasteiger partial charge in [0.1, 0.15) is 4.75 Å². The van der Waals surface area contributed by atoms with E-state index < -0.39 is 21.9 Å². The van der Waals surface area contributed by atoms with E-state index >= 15 is 0 Å². The molecule has 90 valence electrons. The lowest BCUT2D eigenvalue weighted by Gasteiger charge is -2.23. The van der Waals surface area contributed by atoms with Crippen LogP contribution in [-0.4, -0.2) is 14.3 Å². The zero-order valence-corrected chi connectivity index (χ0v) is 10.7. The maximum Gasteiger partial charge on any atom is 0.163 e. The molecule has 3 nitrogen and oxygen atoms in total. The first-order valence-electron chi connectivity index (χ1n) is 4.80. The maximum absolute atomic E-state index is 13.5. The van der Waals surface area contributed by atoms with Gasteiger partial charge in [-0.2, -0.15) is 5.14 Å². The van der Waals surface area contributed by atoms with Crippen LogP contribution < -0.4 is 5.14 Å². The van der Waals surface area contributed by atoms with Crippen LogP contribution in [0, 0.1) is 5.82 Å². The molecular formula is C10H14ClFN2OS. The molecule has 0 saturated heterocycles. The summed E-state index contributed by atoms with van der Waals surface area (Å²) in [5.41, 5.74) is 0.283. The van der Waals surface area contributed by atoms with E-state index in [0.717, 1.165) is 0 Å². The average Bonchev–Trinajstić information content (AvgIpc) is 2.20. The molecule has 1 unspecified atom stereocenters. The molecule has 1 rings (SSSR count). The SMILES string of the molecule is CC(C)(CCc1nccc(Cl)c1F)[S+](N)[O-]. The van der Waals surface area contributed by atoms with E-state index in [1.165, 1.54) is 12.3 Å². The summed E-state index contributed by atoms with van der Waals surface area (Å²) in [5.74, 6) is -0.511. The molecule has 16 heavy (non-hydrogen) atoms. The molecule has 0 aliphatic carbocycles. The smallest absolute Gasteiger partial charge is 0.163 e. The Morgan fingerprint density at radius 3 is 2.81 bits per heavy atom. The number of nitrogens with zero attached hydrogens (tertiary/aromatic N) is 1. The zero-order chi connectivity index (χ0) is 12.3. The number of halogens is 2. The van der Waals surface area contributed by atoms with E-state index in [2.05, 4.69) is 4.98 Å². The first-order chi connectivity index (χ1) is 7.34. The van der Waals surface area contributed by atoms with Gasteiger partial charge in [-0.1, -0.05) is 11.6 Å². The fraction of sp³-hybridized carbons (Fsp3) is 0.500. The van der Waals surface area contributed by atoms with Crippen LogP contribution in [0.4, 0.5) is 4.39 Å². The predicted molar refractivity (Wildman–Crippen MR) is 63.9 cm³/mol. The third-order valence-corrected chi connectivity index (χ3v) is 4.01. The molecule has 1 aromatic rings. The Kier molecular flexibility index (Phi) is 4.55. The summed E-state index contributed by atoms with van der Waals surface area (Å²) in [6.07, 6.45) is 2.30. The minimum atomic E-state index is -1.44. The lowest BCUT2D eigenvalue weighted by Crippen LogP contribution is -2.38. The monoisotopic (exact) mass is 264 g/mol. The van der Waals surface area contributed by atoms with Crippen LogP contribution in [0.25, 0.3) is 0 Å². The Hall–Kier alpha value is -0.360. The zero-order valence-electron chi connectivity index (χ0n) is 9.17. The van der Waals surface area contributed by atoms with Gasteiger partial charge in [-0.05, 0) is 26.3 Å². The molecule has 0 amide bonds. The summed E-state index contributed by atoms with van der Waals surface area (Å²) in [5, 5.41) is 5.39. The van der Waals surface area contributed by atoms with Gasteiger partial charge in [0.2, 0.25) is 0 Å². The van der Waals surface area contributed by atoms with E-state index in [1.807, 2.05) is 0 Å². The molecule has 1 heterocycles. The summed E-state index contributed by atoms with van der Waals surface area (Å²) in [6.45, 7) is 3.54. The van der Waals surface area contributed by atoms with Crippen LogP contribution >= 0.6 is 11.6 Å². The highest BCUT2D eigenvalue weighted by Crippen LogP contribution is 2.23. The fourth-order valence-electron chi connectivity index (χ4n) is 1.15. The minimum absolute atomic E-state index is 0.0525. The maximum atomic E-state index is 13.5. The van der Waals surface area contributed by atoms with Gasteiger partial charge in [-0.3, -0.25) is 4.98 Å². The van der Waals surface area contributed by atoms with Crippen LogP contribution in [-0.2, 0) is 17.8 Å². The largest absolute Gasteiger partial charge is 0.598 e. The first-order valence-corrected chi connectivity index (χ1v) is 6.39. The molecule has 0 saturated carbocycles.